The Hall–Kier alpha value is -1.76. The van der Waals surface area contributed by atoms with Gasteiger partial charge in [-0.15, -0.1) is 5.10 Å². The van der Waals surface area contributed by atoms with Gasteiger partial charge in [0.2, 0.25) is 0 Å². The van der Waals surface area contributed by atoms with Gasteiger partial charge in [-0.1, -0.05) is 5.21 Å². The molecule has 0 amide bonds. The molecule has 0 aliphatic rings. The summed E-state index contributed by atoms with van der Waals surface area (Å²) in [5, 5.41) is 15.4. The van der Waals surface area contributed by atoms with Crippen LogP contribution in [0.2, 0.25) is 0 Å². The lowest BCUT2D eigenvalue weighted by molar-refractivity contribution is 0.514. The quantitative estimate of drug-likeness (QED) is 0.681. The summed E-state index contributed by atoms with van der Waals surface area (Å²) in [6.45, 7) is 1.41. The number of hydrogen-bond donors (Lipinski definition) is 1. The number of fused-ring (bicyclic) bond motifs is 1. The number of rotatable bonds is 4. The Kier molecular flexibility index (Phi) is 2.95. The molecule has 0 saturated carbocycles. The molecular weight excluding hydrogens is 208 g/mol. The van der Waals surface area contributed by atoms with Crippen LogP contribution >= 0.6 is 0 Å². The van der Waals surface area contributed by atoms with Crippen molar-refractivity contribution in [2.45, 2.75) is 13.0 Å². The van der Waals surface area contributed by atoms with Gasteiger partial charge in [-0.25, -0.2) is 9.36 Å². The molecular formula is C9H14N6O. The van der Waals surface area contributed by atoms with E-state index >= 15 is 0 Å². The van der Waals surface area contributed by atoms with Gasteiger partial charge < -0.3 is 5.32 Å². The van der Waals surface area contributed by atoms with E-state index in [1.165, 1.54) is 10.9 Å². The SMILES string of the molecule is CNCCCn1nnc2c(cnn2C)c1=O. The molecule has 2 rings (SSSR count). The minimum Gasteiger partial charge on any atom is -0.320 e. The second-order valence-electron chi connectivity index (χ2n) is 3.58. The van der Waals surface area contributed by atoms with E-state index < -0.39 is 0 Å². The summed E-state index contributed by atoms with van der Waals surface area (Å²) >= 11 is 0. The number of aromatic nitrogens is 5. The van der Waals surface area contributed by atoms with E-state index in [0.29, 0.717) is 17.6 Å². The first-order valence-electron chi connectivity index (χ1n) is 5.14. The molecule has 86 valence electrons. The lowest BCUT2D eigenvalue weighted by atomic mass is 10.4. The lowest BCUT2D eigenvalue weighted by Gasteiger charge is -2.02. The minimum atomic E-state index is -0.130. The predicted octanol–water partition coefficient (Wildman–Crippen LogP) is -0.866. The van der Waals surface area contributed by atoms with Gasteiger partial charge >= 0.3 is 0 Å². The highest BCUT2D eigenvalue weighted by Gasteiger charge is 2.08. The standard InChI is InChI=1S/C9H14N6O/c1-10-4-3-5-15-9(16)7-6-11-14(2)8(7)12-13-15/h6,10H,3-5H2,1-2H3. The third-order valence-corrected chi connectivity index (χ3v) is 2.42. The molecule has 1 N–H and O–H groups in total. The van der Waals surface area contributed by atoms with Crippen molar-refractivity contribution < 1.29 is 0 Å². The zero-order valence-corrected chi connectivity index (χ0v) is 9.34. The number of hydrogen-bond acceptors (Lipinski definition) is 5. The number of nitrogens with zero attached hydrogens (tertiary/aromatic N) is 5. The fourth-order valence-electron chi connectivity index (χ4n) is 1.53. The summed E-state index contributed by atoms with van der Waals surface area (Å²) in [6, 6.07) is 0. The van der Waals surface area contributed by atoms with Crippen molar-refractivity contribution in [3.05, 3.63) is 16.6 Å². The largest absolute Gasteiger partial charge is 0.320 e. The van der Waals surface area contributed by atoms with Crippen LogP contribution in [0.5, 0.6) is 0 Å². The Morgan fingerprint density at radius 2 is 2.31 bits per heavy atom. The molecule has 0 spiro atoms. The molecule has 0 bridgehead atoms. The predicted molar refractivity (Wildman–Crippen MR) is 59.1 cm³/mol. The molecule has 7 heteroatoms. The van der Waals surface area contributed by atoms with Crippen LogP contribution in [0.1, 0.15) is 6.42 Å². The summed E-state index contributed by atoms with van der Waals surface area (Å²) < 4.78 is 2.92. The Balaban J connectivity index is 2.34. The lowest BCUT2D eigenvalue weighted by Crippen LogP contribution is -2.25. The van der Waals surface area contributed by atoms with Crippen molar-refractivity contribution in [1.82, 2.24) is 30.1 Å². The number of nitrogens with one attached hydrogen (secondary N) is 1. The van der Waals surface area contributed by atoms with E-state index in [-0.39, 0.29) is 5.56 Å². The van der Waals surface area contributed by atoms with Crippen LogP contribution in [0.3, 0.4) is 0 Å². The average molecular weight is 222 g/mol. The van der Waals surface area contributed by atoms with Crippen molar-refractivity contribution in [3.8, 4) is 0 Å². The smallest absolute Gasteiger partial charge is 0.280 e. The minimum absolute atomic E-state index is 0.130. The molecule has 0 unspecified atom stereocenters. The first-order valence-corrected chi connectivity index (χ1v) is 5.14. The summed E-state index contributed by atoms with van der Waals surface area (Å²) in [6.07, 6.45) is 2.37. The van der Waals surface area contributed by atoms with Crippen LogP contribution in [0.4, 0.5) is 0 Å². The van der Waals surface area contributed by atoms with E-state index in [1.807, 2.05) is 7.05 Å². The normalized spacial score (nSPS) is 11.1. The zero-order chi connectivity index (χ0) is 11.5. The van der Waals surface area contributed by atoms with E-state index in [1.54, 1.807) is 11.7 Å². The van der Waals surface area contributed by atoms with Crippen LogP contribution in [0.25, 0.3) is 11.0 Å². The Morgan fingerprint density at radius 1 is 1.50 bits per heavy atom. The molecule has 2 aromatic heterocycles. The molecule has 0 atom stereocenters. The number of aryl methyl sites for hydroxylation is 2. The van der Waals surface area contributed by atoms with Crippen LogP contribution in [0.15, 0.2) is 11.0 Å². The Bertz CT molecular complexity index is 542. The van der Waals surface area contributed by atoms with Crippen molar-refractivity contribution in [2.24, 2.45) is 7.05 Å². The maximum atomic E-state index is 11.9. The van der Waals surface area contributed by atoms with E-state index in [0.717, 1.165) is 13.0 Å². The molecule has 0 aliphatic carbocycles. The molecule has 16 heavy (non-hydrogen) atoms. The highest BCUT2D eigenvalue weighted by Crippen LogP contribution is 2.01. The second-order valence-corrected chi connectivity index (χ2v) is 3.58. The van der Waals surface area contributed by atoms with Crippen LogP contribution in [-0.4, -0.2) is 38.4 Å². The van der Waals surface area contributed by atoms with Crippen LogP contribution < -0.4 is 10.9 Å². The van der Waals surface area contributed by atoms with E-state index in [9.17, 15) is 4.79 Å². The van der Waals surface area contributed by atoms with E-state index in [2.05, 4.69) is 20.7 Å². The molecule has 7 nitrogen and oxygen atoms in total. The fourth-order valence-corrected chi connectivity index (χ4v) is 1.53. The second kappa shape index (κ2) is 4.40. The molecule has 0 saturated heterocycles. The average Bonchev–Trinajstić information content (AvgIpc) is 2.65. The van der Waals surface area contributed by atoms with Gasteiger partial charge in [-0.2, -0.15) is 5.10 Å². The highest BCUT2D eigenvalue weighted by atomic mass is 16.1. The highest BCUT2D eigenvalue weighted by molar-refractivity contribution is 5.72. The Morgan fingerprint density at radius 3 is 3.06 bits per heavy atom. The first-order chi connectivity index (χ1) is 7.74. The molecule has 0 aliphatic heterocycles. The molecule has 2 aromatic rings. The molecule has 0 fully saturated rings. The fraction of sp³-hybridized carbons (Fsp3) is 0.556. The van der Waals surface area contributed by atoms with Crippen molar-refractivity contribution in [3.63, 3.8) is 0 Å². The maximum Gasteiger partial charge on any atom is 0.280 e. The van der Waals surface area contributed by atoms with E-state index in [4.69, 9.17) is 0 Å². The van der Waals surface area contributed by atoms with Crippen molar-refractivity contribution in [2.75, 3.05) is 13.6 Å². The summed E-state index contributed by atoms with van der Waals surface area (Å²) in [5.74, 6) is 0. The van der Waals surface area contributed by atoms with Crippen LogP contribution in [0, 0.1) is 0 Å². The zero-order valence-electron chi connectivity index (χ0n) is 9.34. The summed E-state index contributed by atoms with van der Waals surface area (Å²) in [7, 11) is 3.61. The van der Waals surface area contributed by atoms with Gasteiger partial charge in [0.25, 0.3) is 5.56 Å². The Labute approximate surface area is 92.1 Å². The summed E-state index contributed by atoms with van der Waals surface area (Å²) in [4.78, 5) is 11.9. The molecule has 2 heterocycles. The van der Waals surface area contributed by atoms with Gasteiger partial charge in [0.05, 0.1) is 6.20 Å². The van der Waals surface area contributed by atoms with Gasteiger partial charge in [0, 0.05) is 13.6 Å². The molecule has 0 aromatic carbocycles. The topological polar surface area (TPSA) is 77.6 Å². The third kappa shape index (κ3) is 1.81. The van der Waals surface area contributed by atoms with Crippen molar-refractivity contribution in [1.29, 1.82) is 0 Å². The van der Waals surface area contributed by atoms with Crippen molar-refractivity contribution >= 4 is 11.0 Å². The summed E-state index contributed by atoms with van der Waals surface area (Å²) in [5.41, 5.74) is 0.393. The maximum absolute atomic E-state index is 11.9. The monoisotopic (exact) mass is 222 g/mol. The van der Waals surface area contributed by atoms with Gasteiger partial charge in [-0.05, 0) is 20.0 Å². The van der Waals surface area contributed by atoms with Crippen LogP contribution in [-0.2, 0) is 13.6 Å². The molecule has 0 radical (unpaired) electrons. The van der Waals surface area contributed by atoms with Gasteiger partial charge in [0.1, 0.15) is 5.39 Å². The first kappa shape index (κ1) is 10.7. The van der Waals surface area contributed by atoms with Gasteiger partial charge in [-0.3, -0.25) is 4.79 Å². The third-order valence-electron chi connectivity index (χ3n) is 2.42. The van der Waals surface area contributed by atoms with Gasteiger partial charge in [0.15, 0.2) is 5.65 Å².